The van der Waals surface area contributed by atoms with Gasteiger partial charge in [-0.05, 0) is 31.0 Å². The molecule has 1 aromatic carbocycles. The average molecular weight is 236 g/mol. The molecule has 94 valence electrons. The molecule has 1 unspecified atom stereocenters. The Bertz CT molecular complexity index is 416. The van der Waals surface area contributed by atoms with Crippen molar-refractivity contribution in [3.8, 4) is 0 Å². The number of nitrogens with zero attached hydrogens (tertiary/aromatic N) is 1. The molecule has 0 aromatic heterocycles. The molecule has 4 nitrogen and oxygen atoms in total. The summed E-state index contributed by atoms with van der Waals surface area (Å²) in [5, 5.41) is 8.87. The maximum Gasteiger partial charge on any atom is 0.335 e. The van der Waals surface area contributed by atoms with Crippen LogP contribution in [0.4, 0.5) is 11.4 Å². The summed E-state index contributed by atoms with van der Waals surface area (Å²) in [6, 6.07) is 5.18. The first-order valence-corrected chi connectivity index (χ1v) is 5.70. The van der Waals surface area contributed by atoms with E-state index in [-0.39, 0.29) is 5.56 Å². The van der Waals surface area contributed by atoms with Crippen molar-refractivity contribution >= 4 is 17.3 Å². The van der Waals surface area contributed by atoms with Gasteiger partial charge < -0.3 is 15.7 Å². The van der Waals surface area contributed by atoms with Crippen LogP contribution in [-0.4, -0.2) is 24.2 Å². The first-order valence-electron chi connectivity index (χ1n) is 5.70. The highest BCUT2D eigenvalue weighted by atomic mass is 16.4. The number of hydrogen-bond donors (Lipinski definition) is 2. The second-order valence-corrected chi connectivity index (χ2v) is 4.67. The van der Waals surface area contributed by atoms with Crippen LogP contribution in [0.25, 0.3) is 0 Å². The minimum Gasteiger partial charge on any atom is -0.478 e. The minimum atomic E-state index is -0.956. The van der Waals surface area contributed by atoms with E-state index in [1.165, 1.54) is 6.07 Å². The Morgan fingerprint density at radius 3 is 2.35 bits per heavy atom. The lowest BCUT2D eigenvalue weighted by Crippen LogP contribution is -2.33. The molecule has 0 saturated carbocycles. The molecule has 4 heteroatoms. The second kappa shape index (κ2) is 5.08. The van der Waals surface area contributed by atoms with E-state index in [9.17, 15) is 4.79 Å². The molecular formula is C13H20N2O2. The molecule has 1 atom stereocenters. The van der Waals surface area contributed by atoms with E-state index in [0.29, 0.717) is 17.6 Å². The second-order valence-electron chi connectivity index (χ2n) is 4.67. The third kappa shape index (κ3) is 2.90. The van der Waals surface area contributed by atoms with Crippen molar-refractivity contribution in [2.24, 2.45) is 5.92 Å². The van der Waals surface area contributed by atoms with Gasteiger partial charge in [-0.15, -0.1) is 0 Å². The van der Waals surface area contributed by atoms with Crippen LogP contribution in [0.3, 0.4) is 0 Å². The number of anilines is 2. The van der Waals surface area contributed by atoms with Gasteiger partial charge in [-0.25, -0.2) is 4.79 Å². The average Bonchev–Trinajstić information content (AvgIpc) is 2.26. The van der Waals surface area contributed by atoms with Gasteiger partial charge in [0.1, 0.15) is 0 Å². The molecule has 1 aromatic rings. The molecule has 0 aliphatic carbocycles. The van der Waals surface area contributed by atoms with Crippen molar-refractivity contribution in [2.75, 3.05) is 17.7 Å². The van der Waals surface area contributed by atoms with E-state index in [0.717, 1.165) is 5.69 Å². The molecule has 0 radical (unpaired) electrons. The summed E-state index contributed by atoms with van der Waals surface area (Å²) in [5.74, 6) is -0.457. The molecule has 0 spiro atoms. The number of benzene rings is 1. The van der Waals surface area contributed by atoms with Gasteiger partial charge in [-0.1, -0.05) is 13.8 Å². The van der Waals surface area contributed by atoms with Crippen LogP contribution >= 0.6 is 0 Å². The molecule has 17 heavy (non-hydrogen) atoms. The van der Waals surface area contributed by atoms with Crippen LogP contribution in [0.15, 0.2) is 18.2 Å². The van der Waals surface area contributed by atoms with E-state index < -0.39 is 5.97 Å². The number of carboxylic acids is 1. The van der Waals surface area contributed by atoms with Crippen LogP contribution in [0.1, 0.15) is 31.1 Å². The van der Waals surface area contributed by atoms with Crippen molar-refractivity contribution in [1.82, 2.24) is 0 Å². The van der Waals surface area contributed by atoms with Crippen molar-refractivity contribution in [3.05, 3.63) is 23.8 Å². The summed E-state index contributed by atoms with van der Waals surface area (Å²) in [7, 11) is 1.97. The van der Waals surface area contributed by atoms with Gasteiger partial charge in [-0.2, -0.15) is 0 Å². The molecule has 0 amide bonds. The number of nitrogens with two attached hydrogens (primary N) is 1. The highest BCUT2D eigenvalue weighted by molar-refractivity contribution is 5.90. The van der Waals surface area contributed by atoms with Gasteiger partial charge in [0.25, 0.3) is 0 Å². The normalized spacial score (nSPS) is 12.5. The van der Waals surface area contributed by atoms with Crippen molar-refractivity contribution in [2.45, 2.75) is 26.8 Å². The smallest absolute Gasteiger partial charge is 0.335 e. The van der Waals surface area contributed by atoms with E-state index in [2.05, 4.69) is 25.7 Å². The summed E-state index contributed by atoms with van der Waals surface area (Å²) in [5.41, 5.74) is 7.48. The Kier molecular flexibility index (Phi) is 3.99. The number of hydrogen-bond acceptors (Lipinski definition) is 3. The van der Waals surface area contributed by atoms with Gasteiger partial charge in [-0.3, -0.25) is 0 Å². The third-order valence-corrected chi connectivity index (χ3v) is 3.23. The quantitative estimate of drug-likeness (QED) is 0.788. The Hall–Kier alpha value is -1.71. The molecular weight excluding hydrogens is 216 g/mol. The highest BCUT2D eigenvalue weighted by Gasteiger charge is 2.16. The monoisotopic (exact) mass is 236 g/mol. The first kappa shape index (κ1) is 13.4. The third-order valence-electron chi connectivity index (χ3n) is 3.23. The van der Waals surface area contributed by atoms with Crippen LogP contribution < -0.4 is 10.6 Å². The zero-order valence-corrected chi connectivity index (χ0v) is 10.8. The summed E-state index contributed by atoms with van der Waals surface area (Å²) in [4.78, 5) is 12.9. The van der Waals surface area contributed by atoms with E-state index in [1.807, 2.05) is 7.05 Å². The Labute approximate surface area is 102 Å². The largest absolute Gasteiger partial charge is 0.478 e. The van der Waals surface area contributed by atoms with Gasteiger partial charge in [0.15, 0.2) is 0 Å². The lowest BCUT2D eigenvalue weighted by atomic mass is 10.0. The topological polar surface area (TPSA) is 66.6 Å². The summed E-state index contributed by atoms with van der Waals surface area (Å²) < 4.78 is 0. The van der Waals surface area contributed by atoms with Crippen molar-refractivity contribution in [3.63, 3.8) is 0 Å². The van der Waals surface area contributed by atoms with Crippen LogP contribution in [0.5, 0.6) is 0 Å². The number of nitrogen functional groups attached to an aromatic ring is 1. The Morgan fingerprint density at radius 1 is 1.35 bits per heavy atom. The molecule has 0 aliphatic heterocycles. The molecule has 0 saturated heterocycles. The fourth-order valence-corrected chi connectivity index (χ4v) is 1.68. The predicted molar refractivity (Wildman–Crippen MR) is 70.5 cm³/mol. The van der Waals surface area contributed by atoms with E-state index >= 15 is 0 Å². The molecule has 0 heterocycles. The van der Waals surface area contributed by atoms with Gasteiger partial charge in [0.05, 0.1) is 16.9 Å². The Morgan fingerprint density at radius 2 is 1.94 bits per heavy atom. The fraction of sp³-hybridized carbons (Fsp3) is 0.462. The van der Waals surface area contributed by atoms with Crippen molar-refractivity contribution in [1.29, 1.82) is 0 Å². The predicted octanol–water partition coefficient (Wildman–Crippen LogP) is 2.45. The van der Waals surface area contributed by atoms with Crippen LogP contribution in [0, 0.1) is 5.92 Å². The van der Waals surface area contributed by atoms with Crippen LogP contribution in [0.2, 0.25) is 0 Å². The standard InChI is InChI=1S/C13H20N2O2/c1-8(2)9(3)15(4)12-6-5-10(13(16)17)7-11(12)14/h5-9H,14H2,1-4H3,(H,16,17). The SMILES string of the molecule is CC(C)C(C)N(C)c1ccc(C(=O)O)cc1N. The molecule has 3 N–H and O–H groups in total. The maximum atomic E-state index is 10.8. The zero-order chi connectivity index (χ0) is 13.2. The molecule has 0 fully saturated rings. The lowest BCUT2D eigenvalue weighted by molar-refractivity contribution is 0.0697. The number of carboxylic acid groups (broad SMARTS) is 1. The molecule has 0 bridgehead atoms. The molecule has 1 rings (SSSR count). The van der Waals surface area contributed by atoms with Gasteiger partial charge in [0, 0.05) is 13.1 Å². The number of rotatable bonds is 4. The minimum absolute atomic E-state index is 0.219. The van der Waals surface area contributed by atoms with E-state index in [4.69, 9.17) is 10.8 Å². The fourth-order valence-electron chi connectivity index (χ4n) is 1.68. The van der Waals surface area contributed by atoms with E-state index in [1.54, 1.807) is 12.1 Å². The first-order chi connectivity index (χ1) is 7.84. The van der Waals surface area contributed by atoms with Crippen molar-refractivity contribution < 1.29 is 9.90 Å². The number of carbonyl (C=O) groups is 1. The number of aromatic carboxylic acids is 1. The van der Waals surface area contributed by atoms with Crippen LogP contribution in [-0.2, 0) is 0 Å². The van der Waals surface area contributed by atoms with Gasteiger partial charge in [0.2, 0.25) is 0 Å². The highest BCUT2D eigenvalue weighted by Crippen LogP contribution is 2.26. The van der Waals surface area contributed by atoms with Gasteiger partial charge >= 0.3 is 5.97 Å². The Balaban J connectivity index is 3.03. The lowest BCUT2D eigenvalue weighted by Gasteiger charge is -2.31. The molecule has 0 aliphatic rings. The zero-order valence-electron chi connectivity index (χ0n) is 10.8. The maximum absolute atomic E-state index is 10.8. The summed E-state index contributed by atoms with van der Waals surface area (Å²) in [6.07, 6.45) is 0. The summed E-state index contributed by atoms with van der Waals surface area (Å²) >= 11 is 0. The summed E-state index contributed by atoms with van der Waals surface area (Å²) in [6.45, 7) is 6.40.